The smallest absolute Gasteiger partial charge is 0.330 e. The number of ether oxygens (including phenoxy) is 1. The van der Waals surface area contributed by atoms with Gasteiger partial charge in [-0.2, -0.15) is 0 Å². The molecule has 0 unspecified atom stereocenters. The molecule has 144 valence electrons. The number of hydrogen-bond acceptors (Lipinski definition) is 5. The van der Waals surface area contributed by atoms with Crippen LogP contribution in [0.5, 0.6) is 0 Å². The normalized spacial score (nSPS) is 11.8. The summed E-state index contributed by atoms with van der Waals surface area (Å²) in [6.45, 7) is 3.76. The summed E-state index contributed by atoms with van der Waals surface area (Å²) < 4.78 is 6.98. The van der Waals surface area contributed by atoms with E-state index in [-0.39, 0.29) is 12.6 Å². The number of rotatable bonds is 7. The monoisotopic (exact) mass is 378 g/mol. The molecule has 0 saturated carbocycles. The summed E-state index contributed by atoms with van der Waals surface area (Å²) in [6.07, 6.45) is 6.13. The minimum Gasteiger partial charge on any atom is -0.461 e. The van der Waals surface area contributed by atoms with E-state index in [2.05, 4.69) is 15.3 Å². The Labute approximate surface area is 163 Å². The highest BCUT2D eigenvalue weighted by atomic mass is 16.5. The lowest BCUT2D eigenvalue weighted by Gasteiger charge is -2.19. The second-order valence-electron chi connectivity index (χ2n) is 6.57. The highest BCUT2D eigenvalue weighted by Gasteiger charge is 2.24. The Kier molecular flexibility index (Phi) is 6.16. The number of esters is 1. The van der Waals surface area contributed by atoms with E-state index < -0.39 is 17.9 Å². The maximum atomic E-state index is 12.6. The van der Waals surface area contributed by atoms with Crippen LogP contribution in [-0.4, -0.2) is 38.6 Å². The first-order valence-electron chi connectivity index (χ1n) is 9.01. The molecule has 1 atom stereocenters. The van der Waals surface area contributed by atoms with Crippen molar-refractivity contribution in [2.45, 2.75) is 32.5 Å². The molecule has 0 saturated heterocycles. The van der Waals surface area contributed by atoms with E-state index in [4.69, 9.17) is 4.74 Å². The van der Waals surface area contributed by atoms with E-state index in [1.54, 1.807) is 49.3 Å². The lowest BCUT2D eigenvalue weighted by Crippen LogP contribution is -2.45. The standard InChI is InChI=1S/C21H22N4O3/c1-15(2)28-21(27)19(13-25-11-10-22-14-25)24-20(26)17-8-9-18(23-12-17)16-6-4-3-5-7-16/h3-12,14-15,19H,13H2,1-2H3,(H,24,26)/t19-/m0/s1. The molecule has 7 heteroatoms. The van der Waals surface area contributed by atoms with Crippen LogP contribution in [-0.2, 0) is 16.1 Å². The first-order valence-corrected chi connectivity index (χ1v) is 9.01. The van der Waals surface area contributed by atoms with Crippen LogP contribution < -0.4 is 5.32 Å². The zero-order chi connectivity index (χ0) is 19.9. The Bertz CT molecular complexity index is 907. The molecule has 0 radical (unpaired) electrons. The van der Waals surface area contributed by atoms with Crippen molar-refractivity contribution >= 4 is 11.9 Å². The fourth-order valence-electron chi connectivity index (χ4n) is 2.65. The van der Waals surface area contributed by atoms with Crippen LogP contribution in [0.4, 0.5) is 0 Å². The zero-order valence-electron chi connectivity index (χ0n) is 15.8. The average molecular weight is 378 g/mol. The zero-order valence-corrected chi connectivity index (χ0v) is 15.8. The molecular formula is C21H22N4O3. The van der Waals surface area contributed by atoms with Crippen molar-refractivity contribution in [2.75, 3.05) is 0 Å². The number of benzene rings is 1. The summed E-state index contributed by atoms with van der Waals surface area (Å²) >= 11 is 0. The number of carbonyl (C=O) groups is 2. The largest absolute Gasteiger partial charge is 0.461 e. The van der Waals surface area contributed by atoms with Gasteiger partial charge in [0.25, 0.3) is 5.91 Å². The lowest BCUT2D eigenvalue weighted by molar-refractivity contribution is -0.150. The van der Waals surface area contributed by atoms with E-state index in [1.807, 2.05) is 30.3 Å². The maximum absolute atomic E-state index is 12.6. The quantitative estimate of drug-likeness (QED) is 0.639. The number of carbonyl (C=O) groups excluding carboxylic acids is 2. The van der Waals surface area contributed by atoms with Gasteiger partial charge in [0, 0.05) is 24.2 Å². The van der Waals surface area contributed by atoms with Gasteiger partial charge in [-0.25, -0.2) is 9.78 Å². The minimum atomic E-state index is -0.835. The maximum Gasteiger partial charge on any atom is 0.330 e. The van der Waals surface area contributed by atoms with Crippen LogP contribution in [0.1, 0.15) is 24.2 Å². The first kappa shape index (κ1) is 19.3. The molecule has 1 amide bonds. The highest BCUT2D eigenvalue weighted by Crippen LogP contribution is 2.16. The SMILES string of the molecule is CC(C)OC(=O)[C@H](Cn1ccnc1)NC(=O)c1ccc(-c2ccccc2)nc1. The van der Waals surface area contributed by atoms with Crippen molar-refractivity contribution in [1.29, 1.82) is 0 Å². The van der Waals surface area contributed by atoms with Gasteiger partial charge in [0.2, 0.25) is 0 Å². The van der Waals surface area contributed by atoms with Gasteiger partial charge in [0.1, 0.15) is 6.04 Å². The van der Waals surface area contributed by atoms with Gasteiger partial charge in [-0.15, -0.1) is 0 Å². The van der Waals surface area contributed by atoms with Gasteiger partial charge in [0.15, 0.2) is 0 Å². The highest BCUT2D eigenvalue weighted by molar-refractivity contribution is 5.96. The van der Waals surface area contributed by atoms with Crippen molar-refractivity contribution in [3.63, 3.8) is 0 Å². The predicted octanol–water partition coefficient (Wildman–Crippen LogP) is 2.70. The van der Waals surface area contributed by atoms with E-state index in [9.17, 15) is 9.59 Å². The van der Waals surface area contributed by atoms with Gasteiger partial charge >= 0.3 is 5.97 Å². The summed E-state index contributed by atoms with van der Waals surface area (Å²) in [4.78, 5) is 33.4. The molecule has 7 nitrogen and oxygen atoms in total. The van der Waals surface area contributed by atoms with Crippen LogP contribution in [0.25, 0.3) is 11.3 Å². The van der Waals surface area contributed by atoms with E-state index in [0.717, 1.165) is 11.3 Å². The third kappa shape index (κ3) is 5.03. The molecule has 0 spiro atoms. The Hall–Kier alpha value is -3.48. The van der Waals surface area contributed by atoms with Crippen molar-refractivity contribution in [2.24, 2.45) is 0 Å². The number of nitrogens with one attached hydrogen (secondary N) is 1. The summed E-state index contributed by atoms with van der Waals surface area (Å²) in [7, 11) is 0. The third-order valence-corrected chi connectivity index (χ3v) is 3.99. The molecule has 0 fully saturated rings. The first-order chi connectivity index (χ1) is 13.5. The molecule has 1 N–H and O–H groups in total. The number of nitrogens with zero attached hydrogens (tertiary/aromatic N) is 3. The number of hydrogen-bond donors (Lipinski definition) is 1. The fourth-order valence-corrected chi connectivity index (χ4v) is 2.65. The van der Waals surface area contributed by atoms with Crippen LogP contribution in [0.2, 0.25) is 0 Å². The van der Waals surface area contributed by atoms with Gasteiger partial charge in [-0.05, 0) is 26.0 Å². The second-order valence-corrected chi connectivity index (χ2v) is 6.57. The van der Waals surface area contributed by atoms with Crippen molar-refractivity contribution in [1.82, 2.24) is 19.9 Å². The molecule has 3 rings (SSSR count). The molecule has 0 aliphatic heterocycles. The van der Waals surface area contributed by atoms with Crippen molar-refractivity contribution < 1.29 is 14.3 Å². The summed E-state index contributed by atoms with van der Waals surface area (Å²) in [5.74, 6) is -0.885. The van der Waals surface area contributed by atoms with Crippen LogP contribution >= 0.6 is 0 Å². The lowest BCUT2D eigenvalue weighted by atomic mass is 10.1. The predicted molar refractivity (Wildman–Crippen MR) is 104 cm³/mol. The molecule has 2 aromatic heterocycles. The van der Waals surface area contributed by atoms with Crippen molar-refractivity contribution in [3.05, 3.63) is 72.9 Å². The van der Waals surface area contributed by atoms with Gasteiger partial charge in [-0.3, -0.25) is 9.78 Å². The van der Waals surface area contributed by atoms with E-state index in [0.29, 0.717) is 5.56 Å². The van der Waals surface area contributed by atoms with Crippen LogP contribution in [0.3, 0.4) is 0 Å². The number of pyridine rings is 1. The molecule has 28 heavy (non-hydrogen) atoms. The Balaban J connectivity index is 1.72. The van der Waals surface area contributed by atoms with Gasteiger partial charge in [0.05, 0.1) is 30.2 Å². The molecule has 1 aromatic carbocycles. The summed E-state index contributed by atoms with van der Waals surface area (Å²) in [5.41, 5.74) is 2.10. The van der Waals surface area contributed by atoms with Crippen molar-refractivity contribution in [3.8, 4) is 11.3 Å². The minimum absolute atomic E-state index is 0.229. The van der Waals surface area contributed by atoms with Crippen LogP contribution in [0.15, 0.2) is 67.4 Å². The number of amides is 1. The fraction of sp³-hybridized carbons (Fsp3) is 0.238. The molecular weight excluding hydrogens is 356 g/mol. The molecule has 3 aromatic rings. The number of imidazole rings is 1. The van der Waals surface area contributed by atoms with Gasteiger partial charge < -0.3 is 14.6 Å². The number of aromatic nitrogens is 3. The third-order valence-electron chi connectivity index (χ3n) is 3.99. The molecule has 0 aliphatic rings. The Morgan fingerprint density at radius 2 is 1.93 bits per heavy atom. The Morgan fingerprint density at radius 1 is 1.14 bits per heavy atom. The van der Waals surface area contributed by atoms with E-state index in [1.165, 1.54) is 6.20 Å². The molecule has 2 heterocycles. The average Bonchev–Trinajstić information content (AvgIpc) is 3.21. The van der Waals surface area contributed by atoms with E-state index >= 15 is 0 Å². The molecule has 0 bridgehead atoms. The summed E-state index contributed by atoms with van der Waals surface area (Å²) in [6, 6.07) is 12.3. The topological polar surface area (TPSA) is 86.1 Å². The van der Waals surface area contributed by atoms with Gasteiger partial charge in [-0.1, -0.05) is 30.3 Å². The molecule has 0 aliphatic carbocycles. The second kappa shape index (κ2) is 8.94. The summed E-state index contributed by atoms with van der Waals surface area (Å²) in [5, 5.41) is 2.73. The Morgan fingerprint density at radius 3 is 2.54 bits per heavy atom. The van der Waals surface area contributed by atoms with Crippen LogP contribution in [0, 0.1) is 0 Å².